The van der Waals surface area contributed by atoms with E-state index < -0.39 is 0 Å². The van der Waals surface area contributed by atoms with Crippen LogP contribution in [-0.4, -0.2) is 25.5 Å². The van der Waals surface area contributed by atoms with Gasteiger partial charge in [0, 0.05) is 17.3 Å². The van der Waals surface area contributed by atoms with E-state index in [1.54, 1.807) is 0 Å². The quantitative estimate of drug-likeness (QED) is 0.554. The molecule has 14 heavy (non-hydrogen) atoms. The molecular weight excluding hydrogens is 194 g/mol. The number of nitrogens with two attached hydrogens (primary N) is 1. The minimum Gasteiger partial charge on any atom is -0.381 e. The predicted octanol–water partition coefficient (Wildman–Crippen LogP) is 2.14. The monoisotopic (exact) mass is 211 g/mol. The maximum Gasteiger partial charge on any atom is 0.0560 e. The van der Waals surface area contributed by atoms with Crippen molar-refractivity contribution in [2.45, 2.75) is 11.3 Å². The fraction of sp³-hybridized carbons (Fsp3) is 0.455. The molecule has 2 N–H and O–H groups in total. The van der Waals surface area contributed by atoms with Gasteiger partial charge in [0.15, 0.2) is 0 Å². The van der Waals surface area contributed by atoms with E-state index in [-0.39, 0.29) is 0 Å². The topological polar surface area (TPSA) is 35.2 Å². The Morgan fingerprint density at radius 2 is 1.93 bits per heavy atom. The summed E-state index contributed by atoms with van der Waals surface area (Å²) >= 11 is 1.82. The van der Waals surface area contributed by atoms with Gasteiger partial charge in [0.25, 0.3) is 0 Å². The van der Waals surface area contributed by atoms with Crippen molar-refractivity contribution >= 4 is 11.8 Å². The number of ether oxygens (including phenoxy) is 1. The second-order valence-corrected chi connectivity index (χ2v) is 4.08. The molecule has 0 saturated carbocycles. The molecule has 0 aliphatic heterocycles. The van der Waals surface area contributed by atoms with Crippen LogP contribution in [0.2, 0.25) is 0 Å². The molecule has 0 radical (unpaired) electrons. The van der Waals surface area contributed by atoms with Gasteiger partial charge in [-0.2, -0.15) is 0 Å². The normalized spacial score (nSPS) is 10.4. The van der Waals surface area contributed by atoms with E-state index in [4.69, 9.17) is 10.5 Å². The lowest BCUT2D eigenvalue weighted by atomic mass is 10.4. The van der Waals surface area contributed by atoms with Gasteiger partial charge in [0.2, 0.25) is 0 Å². The van der Waals surface area contributed by atoms with Crippen LogP contribution in [0.25, 0.3) is 0 Å². The minimum atomic E-state index is 0.714. The molecular formula is C11H17NOS. The van der Waals surface area contributed by atoms with Crippen LogP contribution in [0, 0.1) is 0 Å². The Morgan fingerprint density at radius 3 is 2.64 bits per heavy atom. The van der Waals surface area contributed by atoms with E-state index in [1.165, 1.54) is 4.90 Å². The molecule has 0 spiro atoms. The summed E-state index contributed by atoms with van der Waals surface area (Å²) in [6.07, 6.45) is 0.954. The molecule has 0 aliphatic carbocycles. The Kier molecular flexibility index (Phi) is 6.49. The fourth-order valence-electron chi connectivity index (χ4n) is 1.02. The van der Waals surface area contributed by atoms with Gasteiger partial charge in [-0.05, 0) is 25.1 Å². The Labute approximate surface area is 89.8 Å². The second-order valence-electron chi connectivity index (χ2n) is 2.92. The van der Waals surface area contributed by atoms with Gasteiger partial charge in [-0.1, -0.05) is 18.2 Å². The third-order valence-corrected chi connectivity index (χ3v) is 2.71. The summed E-state index contributed by atoms with van der Waals surface area (Å²) in [6, 6.07) is 10.4. The van der Waals surface area contributed by atoms with Crippen molar-refractivity contribution in [3.8, 4) is 0 Å². The Morgan fingerprint density at radius 1 is 1.14 bits per heavy atom. The summed E-state index contributed by atoms with van der Waals surface area (Å²) in [5, 5.41) is 0. The van der Waals surface area contributed by atoms with Gasteiger partial charge in [-0.15, -0.1) is 11.8 Å². The number of rotatable bonds is 7. The van der Waals surface area contributed by atoms with Crippen molar-refractivity contribution in [1.29, 1.82) is 0 Å². The van der Waals surface area contributed by atoms with Gasteiger partial charge in [-0.3, -0.25) is 0 Å². The van der Waals surface area contributed by atoms with Gasteiger partial charge >= 0.3 is 0 Å². The number of hydrogen-bond donors (Lipinski definition) is 1. The molecule has 0 aromatic heterocycles. The first-order chi connectivity index (χ1) is 6.93. The highest BCUT2D eigenvalue weighted by atomic mass is 32.2. The lowest BCUT2D eigenvalue weighted by Gasteiger charge is -2.02. The van der Waals surface area contributed by atoms with Crippen molar-refractivity contribution in [3.63, 3.8) is 0 Å². The molecule has 0 saturated heterocycles. The van der Waals surface area contributed by atoms with Crippen molar-refractivity contribution in [2.24, 2.45) is 5.73 Å². The highest BCUT2D eigenvalue weighted by Gasteiger charge is 1.92. The average Bonchev–Trinajstić information content (AvgIpc) is 2.25. The van der Waals surface area contributed by atoms with Crippen LogP contribution in [0.1, 0.15) is 6.42 Å². The van der Waals surface area contributed by atoms with Gasteiger partial charge in [0.1, 0.15) is 0 Å². The van der Waals surface area contributed by atoms with Crippen molar-refractivity contribution < 1.29 is 4.74 Å². The van der Waals surface area contributed by atoms with Gasteiger partial charge < -0.3 is 10.5 Å². The standard InChI is InChI=1S/C11H17NOS/c12-7-4-8-13-9-10-14-11-5-2-1-3-6-11/h1-3,5-6H,4,7-10,12H2. The Hall–Kier alpha value is -0.510. The number of thioether (sulfide) groups is 1. The first-order valence-electron chi connectivity index (χ1n) is 4.89. The zero-order valence-corrected chi connectivity index (χ0v) is 9.13. The zero-order valence-electron chi connectivity index (χ0n) is 8.32. The average molecular weight is 211 g/mol. The molecule has 1 aromatic rings. The van der Waals surface area contributed by atoms with Crippen LogP contribution >= 0.6 is 11.8 Å². The van der Waals surface area contributed by atoms with Crippen LogP contribution in [-0.2, 0) is 4.74 Å². The molecule has 3 heteroatoms. The molecule has 78 valence electrons. The number of benzene rings is 1. The lowest BCUT2D eigenvalue weighted by Crippen LogP contribution is -2.05. The maximum absolute atomic E-state index is 5.39. The van der Waals surface area contributed by atoms with Crippen LogP contribution in [0.3, 0.4) is 0 Å². The lowest BCUT2D eigenvalue weighted by molar-refractivity contribution is 0.149. The smallest absolute Gasteiger partial charge is 0.0560 e. The van der Waals surface area contributed by atoms with Gasteiger partial charge in [-0.25, -0.2) is 0 Å². The summed E-state index contributed by atoms with van der Waals surface area (Å²) in [4.78, 5) is 1.30. The van der Waals surface area contributed by atoms with E-state index in [9.17, 15) is 0 Å². The van der Waals surface area contributed by atoms with Crippen LogP contribution in [0.5, 0.6) is 0 Å². The first-order valence-corrected chi connectivity index (χ1v) is 5.87. The van der Waals surface area contributed by atoms with Crippen molar-refractivity contribution in [1.82, 2.24) is 0 Å². The summed E-state index contributed by atoms with van der Waals surface area (Å²) < 4.78 is 5.39. The number of hydrogen-bond acceptors (Lipinski definition) is 3. The minimum absolute atomic E-state index is 0.714. The molecule has 0 bridgehead atoms. The molecule has 0 amide bonds. The largest absolute Gasteiger partial charge is 0.381 e. The van der Waals surface area contributed by atoms with E-state index in [2.05, 4.69) is 24.3 Å². The van der Waals surface area contributed by atoms with Crippen LogP contribution in [0.15, 0.2) is 35.2 Å². The van der Waals surface area contributed by atoms with Crippen molar-refractivity contribution in [2.75, 3.05) is 25.5 Å². The maximum atomic E-state index is 5.39. The third kappa shape index (κ3) is 5.27. The van der Waals surface area contributed by atoms with E-state index in [0.29, 0.717) is 6.54 Å². The first kappa shape index (κ1) is 11.6. The van der Waals surface area contributed by atoms with E-state index in [0.717, 1.165) is 25.4 Å². The highest BCUT2D eigenvalue weighted by Crippen LogP contribution is 2.16. The molecule has 0 aliphatic rings. The van der Waals surface area contributed by atoms with Crippen LogP contribution in [0.4, 0.5) is 0 Å². The molecule has 0 atom stereocenters. The predicted molar refractivity (Wildman–Crippen MR) is 61.7 cm³/mol. The molecule has 0 fully saturated rings. The molecule has 1 rings (SSSR count). The molecule has 2 nitrogen and oxygen atoms in total. The molecule has 0 unspecified atom stereocenters. The van der Waals surface area contributed by atoms with Crippen LogP contribution < -0.4 is 5.73 Å². The molecule has 1 aromatic carbocycles. The summed E-state index contributed by atoms with van der Waals surface area (Å²) in [6.45, 7) is 2.30. The fourth-order valence-corrected chi connectivity index (χ4v) is 1.81. The second kappa shape index (κ2) is 7.85. The molecule has 0 heterocycles. The van der Waals surface area contributed by atoms with Crippen molar-refractivity contribution in [3.05, 3.63) is 30.3 Å². The SMILES string of the molecule is NCCCOCCSc1ccccc1. The third-order valence-electron chi connectivity index (χ3n) is 1.73. The zero-order chi connectivity index (χ0) is 10.1. The van der Waals surface area contributed by atoms with E-state index >= 15 is 0 Å². The Bertz CT molecular complexity index is 228. The van der Waals surface area contributed by atoms with E-state index in [1.807, 2.05) is 17.8 Å². The highest BCUT2D eigenvalue weighted by molar-refractivity contribution is 7.99. The van der Waals surface area contributed by atoms with Gasteiger partial charge in [0.05, 0.1) is 6.61 Å². The summed E-state index contributed by atoms with van der Waals surface area (Å²) in [7, 11) is 0. The summed E-state index contributed by atoms with van der Waals surface area (Å²) in [5.74, 6) is 1.01. The Balaban J connectivity index is 1.99. The summed E-state index contributed by atoms with van der Waals surface area (Å²) in [5.41, 5.74) is 5.35.